The van der Waals surface area contributed by atoms with Crippen molar-refractivity contribution in [2.24, 2.45) is 0 Å². The van der Waals surface area contributed by atoms with E-state index < -0.39 is 5.97 Å². The Kier molecular flexibility index (Phi) is 4.74. The van der Waals surface area contributed by atoms with E-state index in [0.717, 1.165) is 15.6 Å². The molecule has 0 radical (unpaired) electrons. The van der Waals surface area contributed by atoms with E-state index in [0.29, 0.717) is 11.4 Å². The second-order valence-electron chi connectivity index (χ2n) is 4.20. The molecular weight excluding hydrogens is 326 g/mol. The molecule has 0 spiro atoms. The molecule has 1 aromatic heterocycles. The second kappa shape index (κ2) is 6.32. The van der Waals surface area contributed by atoms with Crippen molar-refractivity contribution in [1.82, 2.24) is 5.32 Å². The summed E-state index contributed by atoms with van der Waals surface area (Å²) in [4.78, 5) is 11.4. The van der Waals surface area contributed by atoms with Crippen LogP contribution in [0.3, 0.4) is 0 Å². The third-order valence-electron chi connectivity index (χ3n) is 2.91. The van der Waals surface area contributed by atoms with Crippen molar-refractivity contribution in [3.05, 3.63) is 56.2 Å². The lowest BCUT2D eigenvalue weighted by Gasteiger charge is -2.15. The maximum atomic E-state index is 11.0. The number of carboxylic acid groups (broad SMARTS) is 1. The highest BCUT2D eigenvalue weighted by Crippen LogP contribution is 2.24. The number of rotatable bonds is 5. The molecule has 0 saturated heterocycles. The monoisotopic (exact) mass is 339 g/mol. The van der Waals surface area contributed by atoms with Gasteiger partial charge in [-0.2, -0.15) is 0 Å². The minimum absolute atomic E-state index is 0.150. The molecule has 0 unspecified atom stereocenters. The van der Waals surface area contributed by atoms with E-state index in [1.165, 1.54) is 11.3 Å². The highest BCUT2D eigenvalue weighted by Gasteiger charge is 2.13. The van der Waals surface area contributed by atoms with Crippen LogP contribution in [-0.2, 0) is 6.54 Å². The van der Waals surface area contributed by atoms with Gasteiger partial charge in [0.1, 0.15) is 4.88 Å². The summed E-state index contributed by atoms with van der Waals surface area (Å²) < 4.78 is 1.05. The number of hydrogen-bond acceptors (Lipinski definition) is 3. The average molecular weight is 340 g/mol. The van der Waals surface area contributed by atoms with Crippen LogP contribution >= 0.6 is 27.3 Å². The third kappa shape index (κ3) is 3.43. The summed E-state index contributed by atoms with van der Waals surface area (Å²) in [5.41, 5.74) is 1.99. The van der Waals surface area contributed by atoms with Crippen LogP contribution < -0.4 is 5.32 Å². The van der Waals surface area contributed by atoms with Gasteiger partial charge in [0.25, 0.3) is 0 Å². The van der Waals surface area contributed by atoms with Crippen LogP contribution in [0.2, 0.25) is 0 Å². The molecule has 19 heavy (non-hydrogen) atoms. The predicted molar refractivity (Wildman–Crippen MR) is 80.7 cm³/mol. The van der Waals surface area contributed by atoms with Crippen LogP contribution in [0.4, 0.5) is 0 Å². The van der Waals surface area contributed by atoms with E-state index in [1.54, 1.807) is 0 Å². The molecule has 2 rings (SSSR count). The van der Waals surface area contributed by atoms with Gasteiger partial charge in [0.2, 0.25) is 0 Å². The number of benzene rings is 1. The highest BCUT2D eigenvalue weighted by atomic mass is 79.9. The summed E-state index contributed by atoms with van der Waals surface area (Å²) >= 11 is 4.78. The van der Waals surface area contributed by atoms with E-state index in [1.807, 2.05) is 35.7 Å². The molecule has 1 heterocycles. The van der Waals surface area contributed by atoms with Crippen LogP contribution in [0, 0.1) is 0 Å². The van der Waals surface area contributed by atoms with Crippen molar-refractivity contribution in [2.45, 2.75) is 19.5 Å². The number of aromatic carboxylic acids is 1. The molecule has 0 fully saturated rings. The Morgan fingerprint density at radius 1 is 1.42 bits per heavy atom. The number of nitrogens with one attached hydrogen (secondary N) is 1. The van der Waals surface area contributed by atoms with Gasteiger partial charge in [0.05, 0.1) is 0 Å². The van der Waals surface area contributed by atoms with E-state index >= 15 is 0 Å². The standard InChI is InChI=1S/C14H14BrNO2S/c1-9(11-4-2-3-5-12(11)15)16-8-10-6-7-19-13(10)14(17)18/h2-7,9,16H,8H2,1H3,(H,17,18)/t9-/m1/s1. The predicted octanol–water partition coefficient (Wildman–Crippen LogP) is 4.06. The minimum atomic E-state index is -0.861. The largest absolute Gasteiger partial charge is 0.477 e. The summed E-state index contributed by atoms with van der Waals surface area (Å²) in [7, 11) is 0. The molecule has 0 aliphatic rings. The first-order valence-electron chi connectivity index (χ1n) is 5.87. The van der Waals surface area contributed by atoms with Gasteiger partial charge in [0, 0.05) is 17.1 Å². The van der Waals surface area contributed by atoms with Crippen LogP contribution in [0.5, 0.6) is 0 Å². The molecule has 0 saturated carbocycles. The molecule has 0 amide bonds. The number of halogens is 1. The van der Waals surface area contributed by atoms with E-state index in [4.69, 9.17) is 5.11 Å². The quantitative estimate of drug-likeness (QED) is 0.863. The van der Waals surface area contributed by atoms with Gasteiger partial charge in [0.15, 0.2) is 0 Å². The van der Waals surface area contributed by atoms with Gasteiger partial charge < -0.3 is 10.4 Å². The maximum absolute atomic E-state index is 11.0. The highest BCUT2D eigenvalue weighted by molar-refractivity contribution is 9.10. The van der Waals surface area contributed by atoms with E-state index in [-0.39, 0.29) is 6.04 Å². The fourth-order valence-corrected chi connectivity index (χ4v) is 3.25. The molecule has 0 aliphatic heterocycles. The molecule has 2 N–H and O–H groups in total. The molecule has 5 heteroatoms. The van der Waals surface area contributed by atoms with Crippen molar-refractivity contribution in [2.75, 3.05) is 0 Å². The Morgan fingerprint density at radius 2 is 2.16 bits per heavy atom. The average Bonchev–Trinajstić information content (AvgIpc) is 2.85. The van der Waals surface area contributed by atoms with Crippen LogP contribution in [-0.4, -0.2) is 11.1 Å². The van der Waals surface area contributed by atoms with Gasteiger partial charge in [-0.1, -0.05) is 34.1 Å². The van der Waals surface area contributed by atoms with E-state index in [2.05, 4.69) is 28.2 Å². The number of hydrogen-bond donors (Lipinski definition) is 2. The van der Waals surface area contributed by atoms with Gasteiger partial charge in [-0.15, -0.1) is 11.3 Å². The lowest BCUT2D eigenvalue weighted by Crippen LogP contribution is -2.19. The van der Waals surface area contributed by atoms with Crippen molar-refractivity contribution < 1.29 is 9.90 Å². The zero-order valence-electron chi connectivity index (χ0n) is 10.4. The van der Waals surface area contributed by atoms with Crippen molar-refractivity contribution in [3.63, 3.8) is 0 Å². The lowest BCUT2D eigenvalue weighted by atomic mass is 10.1. The zero-order valence-corrected chi connectivity index (χ0v) is 12.8. The molecular formula is C14H14BrNO2S. The fraction of sp³-hybridized carbons (Fsp3) is 0.214. The normalized spacial score (nSPS) is 12.3. The van der Waals surface area contributed by atoms with Gasteiger partial charge in [-0.3, -0.25) is 0 Å². The first-order valence-corrected chi connectivity index (χ1v) is 7.54. The SMILES string of the molecule is C[C@@H](NCc1ccsc1C(=O)O)c1ccccc1Br. The summed E-state index contributed by atoms with van der Waals surface area (Å²) in [6.45, 7) is 2.61. The Morgan fingerprint density at radius 3 is 2.84 bits per heavy atom. The number of thiophene rings is 1. The second-order valence-corrected chi connectivity index (χ2v) is 5.97. The number of carboxylic acids is 1. The van der Waals surface area contributed by atoms with Crippen molar-refractivity contribution in [3.8, 4) is 0 Å². The smallest absolute Gasteiger partial charge is 0.346 e. The summed E-state index contributed by atoms with van der Waals surface area (Å²) in [6.07, 6.45) is 0. The van der Waals surface area contributed by atoms with Crippen LogP contribution in [0.25, 0.3) is 0 Å². The summed E-state index contributed by atoms with van der Waals surface area (Å²) in [5.74, 6) is -0.861. The molecule has 0 aliphatic carbocycles. The van der Waals surface area contributed by atoms with Crippen molar-refractivity contribution >= 4 is 33.2 Å². The molecule has 0 bridgehead atoms. The first kappa shape index (κ1) is 14.2. The Bertz CT molecular complexity index is 582. The Balaban J connectivity index is 2.05. The van der Waals surface area contributed by atoms with Gasteiger partial charge in [-0.05, 0) is 35.6 Å². The van der Waals surface area contributed by atoms with Crippen molar-refractivity contribution in [1.29, 1.82) is 0 Å². The minimum Gasteiger partial charge on any atom is -0.477 e. The molecule has 1 aromatic carbocycles. The zero-order chi connectivity index (χ0) is 13.8. The fourth-order valence-electron chi connectivity index (χ4n) is 1.86. The lowest BCUT2D eigenvalue weighted by molar-refractivity contribution is 0.0701. The van der Waals surface area contributed by atoms with Gasteiger partial charge >= 0.3 is 5.97 Å². The number of carbonyl (C=O) groups is 1. The molecule has 3 nitrogen and oxygen atoms in total. The maximum Gasteiger partial charge on any atom is 0.346 e. The van der Waals surface area contributed by atoms with E-state index in [9.17, 15) is 4.79 Å². The van der Waals surface area contributed by atoms with Crippen LogP contribution in [0.15, 0.2) is 40.2 Å². The third-order valence-corrected chi connectivity index (χ3v) is 4.58. The summed E-state index contributed by atoms with van der Waals surface area (Å²) in [6, 6.07) is 10.0. The van der Waals surface area contributed by atoms with Gasteiger partial charge in [-0.25, -0.2) is 4.79 Å². The summed E-state index contributed by atoms with van der Waals surface area (Å²) in [5, 5.41) is 14.2. The first-order chi connectivity index (χ1) is 9.09. The molecule has 2 aromatic rings. The van der Waals surface area contributed by atoms with Crippen LogP contribution in [0.1, 0.15) is 33.8 Å². The topological polar surface area (TPSA) is 49.3 Å². The molecule has 100 valence electrons. The Labute approximate surface area is 124 Å². The Hall–Kier alpha value is -1.17. The molecule has 1 atom stereocenters.